The van der Waals surface area contributed by atoms with Crippen molar-refractivity contribution in [1.29, 1.82) is 0 Å². The van der Waals surface area contributed by atoms with Crippen LogP contribution in [-0.4, -0.2) is 25.1 Å². The van der Waals surface area contributed by atoms with Gasteiger partial charge in [0.25, 0.3) is 5.91 Å². The van der Waals surface area contributed by atoms with E-state index in [1.165, 1.54) is 0 Å². The molecule has 118 valence electrons. The minimum absolute atomic E-state index is 0. The molecule has 1 atom stereocenters. The number of nitrogens with one attached hydrogen (secondary N) is 1. The second-order valence-corrected chi connectivity index (χ2v) is 5.54. The lowest BCUT2D eigenvalue weighted by Crippen LogP contribution is -2.43. The van der Waals surface area contributed by atoms with Gasteiger partial charge in [-0.05, 0) is 41.7 Å². The monoisotopic (exact) mass is 320 g/mol. The van der Waals surface area contributed by atoms with E-state index in [1.54, 1.807) is 0 Å². The number of ether oxygens (including phenoxy) is 1. The van der Waals surface area contributed by atoms with Gasteiger partial charge >= 0.3 is 0 Å². The molecule has 5 heteroatoms. The van der Waals surface area contributed by atoms with Crippen LogP contribution in [0.5, 0.6) is 5.75 Å². The highest BCUT2D eigenvalue weighted by atomic mass is 35.5. The third-order valence-corrected chi connectivity index (χ3v) is 3.88. The average molecular weight is 321 g/mol. The number of carbonyl (C=O) groups is 1. The van der Waals surface area contributed by atoms with Crippen LogP contribution in [0.15, 0.2) is 42.5 Å². The molecule has 1 saturated carbocycles. The molecular formula is C17H21ClN2O2. The van der Waals surface area contributed by atoms with Gasteiger partial charge in [-0.15, -0.1) is 12.4 Å². The van der Waals surface area contributed by atoms with Gasteiger partial charge in [-0.2, -0.15) is 0 Å². The molecule has 0 aromatic heterocycles. The Labute approximate surface area is 136 Å². The topological polar surface area (TPSA) is 64.3 Å². The van der Waals surface area contributed by atoms with E-state index in [0.717, 1.165) is 23.6 Å². The number of rotatable bonds is 6. The lowest BCUT2D eigenvalue weighted by Gasteiger charge is -2.16. The Morgan fingerprint density at radius 1 is 1.23 bits per heavy atom. The van der Waals surface area contributed by atoms with Crippen molar-refractivity contribution in [2.75, 3.05) is 13.2 Å². The van der Waals surface area contributed by atoms with Crippen LogP contribution >= 0.6 is 12.4 Å². The van der Waals surface area contributed by atoms with Crippen LogP contribution in [0, 0.1) is 5.92 Å². The summed E-state index contributed by atoms with van der Waals surface area (Å²) in [4.78, 5) is 11.9. The van der Waals surface area contributed by atoms with Gasteiger partial charge in [0.15, 0.2) is 6.61 Å². The number of halogens is 1. The van der Waals surface area contributed by atoms with E-state index in [0.29, 0.717) is 18.2 Å². The number of hydrogen-bond donors (Lipinski definition) is 2. The summed E-state index contributed by atoms with van der Waals surface area (Å²) in [6.45, 7) is 0.522. The highest BCUT2D eigenvalue weighted by Crippen LogP contribution is 2.32. The standard InChI is InChI=1S/C17H20N2O2.ClH/c18-10-16(13-5-6-13)19-17(20)11-21-15-8-7-12-3-1-2-4-14(12)9-15;/h1-4,7-9,13,16H,5-6,10-11,18H2,(H,19,20);1H. The first-order valence-corrected chi connectivity index (χ1v) is 7.37. The van der Waals surface area contributed by atoms with Crippen LogP contribution < -0.4 is 15.8 Å². The van der Waals surface area contributed by atoms with Crippen LogP contribution in [0.2, 0.25) is 0 Å². The smallest absolute Gasteiger partial charge is 0.258 e. The number of nitrogens with two attached hydrogens (primary N) is 1. The average Bonchev–Trinajstić information content (AvgIpc) is 3.35. The Hall–Kier alpha value is -1.78. The second kappa shape index (κ2) is 7.47. The number of hydrogen-bond acceptors (Lipinski definition) is 3. The van der Waals surface area contributed by atoms with E-state index in [1.807, 2.05) is 42.5 Å². The number of amides is 1. The van der Waals surface area contributed by atoms with Crippen molar-refractivity contribution in [2.45, 2.75) is 18.9 Å². The molecule has 0 spiro atoms. The first kappa shape index (κ1) is 16.6. The van der Waals surface area contributed by atoms with Gasteiger partial charge in [0.2, 0.25) is 0 Å². The molecule has 1 unspecified atom stereocenters. The molecular weight excluding hydrogens is 300 g/mol. The minimum atomic E-state index is -0.106. The SMILES string of the molecule is Cl.NCC(NC(=O)COc1ccc2ccccc2c1)C1CC1. The maximum atomic E-state index is 11.9. The molecule has 1 fully saturated rings. The third-order valence-electron chi connectivity index (χ3n) is 3.88. The molecule has 0 saturated heterocycles. The fourth-order valence-electron chi connectivity index (χ4n) is 2.52. The summed E-state index contributed by atoms with van der Waals surface area (Å²) >= 11 is 0. The summed E-state index contributed by atoms with van der Waals surface area (Å²) in [7, 11) is 0. The summed E-state index contributed by atoms with van der Waals surface area (Å²) in [6.07, 6.45) is 2.32. The van der Waals surface area contributed by atoms with Crippen molar-refractivity contribution in [3.8, 4) is 5.75 Å². The van der Waals surface area contributed by atoms with E-state index in [4.69, 9.17) is 10.5 Å². The van der Waals surface area contributed by atoms with Crippen molar-refractivity contribution >= 4 is 29.1 Å². The summed E-state index contributed by atoms with van der Waals surface area (Å²) in [5, 5.41) is 5.21. The van der Waals surface area contributed by atoms with Crippen molar-refractivity contribution in [2.24, 2.45) is 11.7 Å². The number of benzene rings is 2. The van der Waals surface area contributed by atoms with Gasteiger partial charge in [-0.1, -0.05) is 30.3 Å². The summed E-state index contributed by atoms with van der Waals surface area (Å²) < 4.78 is 5.57. The molecule has 0 bridgehead atoms. The Balaban J connectivity index is 0.00000176. The molecule has 1 amide bonds. The van der Waals surface area contributed by atoms with Crippen molar-refractivity contribution in [3.63, 3.8) is 0 Å². The van der Waals surface area contributed by atoms with Gasteiger partial charge < -0.3 is 15.8 Å². The summed E-state index contributed by atoms with van der Waals surface area (Å²) in [5.74, 6) is 1.16. The number of carbonyl (C=O) groups excluding carboxylic acids is 1. The minimum Gasteiger partial charge on any atom is -0.484 e. The zero-order valence-corrected chi connectivity index (χ0v) is 13.1. The van der Waals surface area contributed by atoms with Crippen LogP contribution in [0.1, 0.15) is 12.8 Å². The molecule has 2 aromatic rings. The van der Waals surface area contributed by atoms with E-state index >= 15 is 0 Å². The molecule has 3 rings (SSSR count). The summed E-state index contributed by atoms with van der Waals surface area (Å²) in [5.41, 5.74) is 5.68. The maximum Gasteiger partial charge on any atom is 0.258 e. The quantitative estimate of drug-likeness (QED) is 0.859. The highest BCUT2D eigenvalue weighted by molar-refractivity contribution is 5.85. The normalized spacial score (nSPS) is 15.0. The van der Waals surface area contributed by atoms with Crippen LogP contribution in [0.4, 0.5) is 0 Å². The van der Waals surface area contributed by atoms with Gasteiger partial charge in [-0.3, -0.25) is 4.79 Å². The Morgan fingerprint density at radius 2 is 1.95 bits per heavy atom. The zero-order valence-electron chi connectivity index (χ0n) is 12.3. The van der Waals surface area contributed by atoms with Crippen molar-refractivity contribution in [3.05, 3.63) is 42.5 Å². The zero-order chi connectivity index (χ0) is 14.7. The van der Waals surface area contributed by atoms with Crippen LogP contribution in [0.25, 0.3) is 10.8 Å². The van der Waals surface area contributed by atoms with Gasteiger partial charge in [0.05, 0.1) is 0 Å². The van der Waals surface area contributed by atoms with Gasteiger partial charge in [0.1, 0.15) is 5.75 Å². The predicted octanol–water partition coefficient (Wildman–Crippen LogP) is 2.49. The molecule has 2 aromatic carbocycles. The second-order valence-electron chi connectivity index (χ2n) is 5.54. The number of fused-ring (bicyclic) bond motifs is 1. The van der Waals surface area contributed by atoms with Gasteiger partial charge in [-0.25, -0.2) is 0 Å². The fourth-order valence-corrected chi connectivity index (χ4v) is 2.52. The fraction of sp³-hybridized carbons (Fsp3) is 0.353. The van der Waals surface area contributed by atoms with E-state index in [9.17, 15) is 4.79 Å². The van der Waals surface area contributed by atoms with E-state index in [2.05, 4.69) is 5.32 Å². The molecule has 4 nitrogen and oxygen atoms in total. The molecule has 0 heterocycles. The van der Waals surface area contributed by atoms with Crippen LogP contribution in [0.3, 0.4) is 0 Å². The third kappa shape index (κ3) is 4.12. The lowest BCUT2D eigenvalue weighted by molar-refractivity contribution is -0.123. The van der Waals surface area contributed by atoms with E-state index < -0.39 is 0 Å². The van der Waals surface area contributed by atoms with Gasteiger partial charge in [0, 0.05) is 12.6 Å². The molecule has 1 aliphatic carbocycles. The van der Waals surface area contributed by atoms with Crippen molar-refractivity contribution < 1.29 is 9.53 Å². The molecule has 1 aliphatic rings. The van der Waals surface area contributed by atoms with Crippen LogP contribution in [-0.2, 0) is 4.79 Å². The Morgan fingerprint density at radius 3 is 2.64 bits per heavy atom. The molecule has 0 aliphatic heterocycles. The maximum absolute atomic E-state index is 11.9. The van der Waals surface area contributed by atoms with Crippen molar-refractivity contribution in [1.82, 2.24) is 5.32 Å². The highest BCUT2D eigenvalue weighted by Gasteiger charge is 2.31. The molecule has 3 N–H and O–H groups in total. The predicted molar refractivity (Wildman–Crippen MR) is 90.4 cm³/mol. The summed E-state index contributed by atoms with van der Waals surface area (Å²) in [6, 6.07) is 14.0. The molecule has 0 radical (unpaired) electrons. The largest absolute Gasteiger partial charge is 0.484 e. The first-order valence-electron chi connectivity index (χ1n) is 7.37. The Kier molecular flexibility index (Phi) is 5.63. The molecule has 22 heavy (non-hydrogen) atoms. The Bertz CT molecular complexity index is 643. The first-order chi connectivity index (χ1) is 10.3. The van der Waals surface area contributed by atoms with E-state index in [-0.39, 0.29) is 31.0 Å². The lowest BCUT2D eigenvalue weighted by atomic mass is 10.1.